The minimum atomic E-state index is -0.595. The predicted molar refractivity (Wildman–Crippen MR) is 88.2 cm³/mol. The van der Waals surface area contributed by atoms with Gasteiger partial charge in [0.25, 0.3) is 0 Å². The highest BCUT2D eigenvalue weighted by Gasteiger charge is 2.22. The van der Waals surface area contributed by atoms with Gasteiger partial charge in [-0.3, -0.25) is 4.79 Å². The number of nitrogens with one attached hydrogen (secondary N) is 2. The van der Waals surface area contributed by atoms with Gasteiger partial charge in [0.2, 0.25) is 5.91 Å². The molecule has 0 bridgehead atoms. The molecule has 0 spiro atoms. The lowest BCUT2D eigenvalue weighted by molar-refractivity contribution is -0.117. The van der Waals surface area contributed by atoms with Crippen LogP contribution in [0.4, 0.5) is 13.9 Å². The van der Waals surface area contributed by atoms with Gasteiger partial charge in [0.15, 0.2) is 5.13 Å². The molecule has 2 heterocycles. The number of anilines is 1. The van der Waals surface area contributed by atoms with Crippen molar-refractivity contribution in [3.05, 3.63) is 46.5 Å². The number of thiazole rings is 1. The number of carbonyl (C=O) groups is 1. The van der Waals surface area contributed by atoms with Crippen molar-refractivity contribution in [1.82, 2.24) is 10.3 Å². The zero-order chi connectivity index (χ0) is 15.5. The highest BCUT2D eigenvalue weighted by molar-refractivity contribution is 7.15. The Kier molecular flexibility index (Phi) is 6.04. The van der Waals surface area contributed by atoms with Crippen LogP contribution in [0.2, 0.25) is 0 Å². The maximum atomic E-state index is 13.6. The van der Waals surface area contributed by atoms with Gasteiger partial charge in [-0.1, -0.05) is 6.07 Å². The second-order valence-corrected chi connectivity index (χ2v) is 6.30. The van der Waals surface area contributed by atoms with Gasteiger partial charge in [0, 0.05) is 23.6 Å². The Balaban J connectivity index is 0.00000192. The molecule has 1 unspecified atom stereocenters. The highest BCUT2D eigenvalue weighted by Crippen LogP contribution is 2.23. The first kappa shape index (κ1) is 17.8. The first-order valence-electron chi connectivity index (χ1n) is 7.05. The molecular formula is C15H16ClF2N3OS. The van der Waals surface area contributed by atoms with Crippen molar-refractivity contribution < 1.29 is 13.6 Å². The molecule has 1 aromatic heterocycles. The number of nitrogens with zero attached hydrogens (tertiary/aromatic N) is 1. The average molecular weight is 360 g/mol. The van der Waals surface area contributed by atoms with E-state index in [1.165, 1.54) is 23.5 Å². The maximum Gasteiger partial charge on any atom is 0.243 e. The first-order valence-corrected chi connectivity index (χ1v) is 7.86. The van der Waals surface area contributed by atoms with Gasteiger partial charge < -0.3 is 10.6 Å². The third kappa shape index (κ3) is 4.46. The molecule has 1 amide bonds. The highest BCUT2D eigenvalue weighted by atomic mass is 35.5. The van der Waals surface area contributed by atoms with E-state index in [0.29, 0.717) is 17.1 Å². The van der Waals surface area contributed by atoms with Crippen molar-refractivity contribution in [3.8, 4) is 0 Å². The van der Waals surface area contributed by atoms with Crippen molar-refractivity contribution in [1.29, 1.82) is 0 Å². The van der Waals surface area contributed by atoms with Crippen LogP contribution in [0, 0.1) is 11.6 Å². The van der Waals surface area contributed by atoms with Crippen LogP contribution in [-0.4, -0.2) is 23.5 Å². The van der Waals surface area contributed by atoms with Crippen LogP contribution in [-0.2, 0) is 11.2 Å². The van der Waals surface area contributed by atoms with E-state index in [4.69, 9.17) is 0 Å². The molecule has 2 N–H and O–H groups in total. The van der Waals surface area contributed by atoms with Gasteiger partial charge in [-0.25, -0.2) is 13.8 Å². The van der Waals surface area contributed by atoms with E-state index in [-0.39, 0.29) is 24.4 Å². The molecule has 3 rings (SSSR count). The largest absolute Gasteiger partial charge is 0.306 e. The van der Waals surface area contributed by atoms with E-state index in [0.717, 1.165) is 30.3 Å². The smallest absolute Gasteiger partial charge is 0.243 e. The van der Waals surface area contributed by atoms with Crippen molar-refractivity contribution in [2.75, 3.05) is 11.9 Å². The lowest BCUT2D eigenvalue weighted by Crippen LogP contribution is -2.35. The lowest BCUT2D eigenvalue weighted by Gasteiger charge is -2.08. The van der Waals surface area contributed by atoms with E-state index in [1.54, 1.807) is 6.20 Å². The monoisotopic (exact) mass is 359 g/mol. The summed E-state index contributed by atoms with van der Waals surface area (Å²) < 4.78 is 26.5. The fourth-order valence-corrected chi connectivity index (χ4v) is 3.24. The van der Waals surface area contributed by atoms with E-state index in [2.05, 4.69) is 15.6 Å². The molecule has 0 saturated carbocycles. The second kappa shape index (κ2) is 7.81. The van der Waals surface area contributed by atoms with Crippen LogP contribution < -0.4 is 10.6 Å². The Morgan fingerprint density at radius 2 is 2.26 bits per heavy atom. The molecule has 1 atom stereocenters. The summed E-state index contributed by atoms with van der Waals surface area (Å²) in [6.07, 6.45) is 3.74. The van der Waals surface area contributed by atoms with E-state index in [9.17, 15) is 13.6 Å². The Hall–Kier alpha value is -1.57. The summed E-state index contributed by atoms with van der Waals surface area (Å²) in [6, 6.07) is 3.35. The molecule has 1 saturated heterocycles. The van der Waals surface area contributed by atoms with Crippen LogP contribution >= 0.6 is 23.7 Å². The van der Waals surface area contributed by atoms with Crippen molar-refractivity contribution in [2.24, 2.45) is 0 Å². The number of aromatic nitrogens is 1. The fourth-order valence-electron chi connectivity index (χ4n) is 2.40. The van der Waals surface area contributed by atoms with Gasteiger partial charge in [0.1, 0.15) is 11.6 Å². The molecule has 23 heavy (non-hydrogen) atoms. The number of amides is 1. The summed E-state index contributed by atoms with van der Waals surface area (Å²) in [6.45, 7) is 0.852. The summed E-state index contributed by atoms with van der Waals surface area (Å²) in [7, 11) is 0. The minimum Gasteiger partial charge on any atom is -0.306 e. The molecule has 8 heteroatoms. The summed E-state index contributed by atoms with van der Waals surface area (Å²) in [4.78, 5) is 16.9. The van der Waals surface area contributed by atoms with Crippen LogP contribution in [0.3, 0.4) is 0 Å². The topological polar surface area (TPSA) is 54.0 Å². The SMILES string of the molecule is Cl.O=C(Nc1ncc(Cc2ccc(F)cc2F)s1)C1CCCN1. The van der Waals surface area contributed by atoms with Crippen molar-refractivity contribution in [2.45, 2.75) is 25.3 Å². The zero-order valence-corrected chi connectivity index (χ0v) is 13.8. The minimum absolute atomic E-state index is 0. The normalized spacial score (nSPS) is 16.9. The quantitative estimate of drug-likeness (QED) is 0.881. The number of benzene rings is 1. The molecule has 1 aromatic carbocycles. The molecule has 0 radical (unpaired) electrons. The number of rotatable bonds is 4. The van der Waals surface area contributed by atoms with E-state index in [1.807, 2.05) is 0 Å². The number of hydrogen-bond acceptors (Lipinski definition) is 4. The molecule has 1 fully saturated rings. The summed E-state index contributed by atoms with van der Waals surface area (Å²) in [5, 5.41) is 6.38. The standard InChI is InChI=1S/C15H15F2N3OS.ClH/c16-10-4-3-9(12(17)7-10)6-11-8-19-15(22-11)20-14(21)13-2-1-5-18-13;/h3-4,7-8,13,18H,1-2,5-6H2,(H,19,20,21);1H. The van der Waals surface area contributed by atoms with Gasteiger partial charge in [-0.2, -0.15) is 0 Å². The Labute approximate surface area is 142 Å². The summed E-state index contributed by atoms with van der Waals surface area (Å²) >= 11 is 1.30. The average Bonchev–Trinajstić information content (AvgIpc) is 3.13. The van der Waals surface area contributed by atoms with Crippen LogP contribution in [0.25, 0.3) is 0 Å². The summed E-state index contributed by atoms with van der Waals surface area (Å²) in [5.41, 5.74) is 0.403. The third-order valence-electron chi connectivity index (χ3n) is 3.54. The van der Waals surface area contributed by atoms with Gasteiger partial charge in [0.05, 0.1) is 6.04 Å². The van der Waals surface area contributed by atoms with Gasteiger partial charge in [-0.15, -0.1) is 23.7 Å². The van der Waals surface area contributed by atoms with E-state index >= 15 is 0 Å². The Bertz CT molecular complexity index is 689. The Morgan fingerprint density at radius 3 is 2.96 bits per heavy atom. The molecule has 1 aliphatic rings. The van der Waals surface area contributed by atoms with Crippen molar-refractivity contribution >= 4 is 34.8 Å². The van der Waals surface area contributed by atoms with Crippen LogP contribution in [0.1, 0.15) is 23.3 Å². The molecule has 1 aliphatic heterocycles. The number of hydrogen-bond donors (Lipinski definition) is 2. The molecular weight excluding hydrogens is 344 g/mol. The maximum absolute atomic E-state index is 13.6. The molecule has 2 aromatic rings. The molecule has 124 valence electrons. The van der Waals surface area contributed by atoms with Crippen molar-refractivity contribution in [3.63, 3.8) is 0 Å². The van der Waals surface area contributed by atoms with Gasteiger partial charge in [-0.05, 0) is 31.0 Å². The van der Waals surface area contributed by atoms with Crippen LogP contribution in [0.5, 0.6) is 0 Å². The fraction of sp³-hybridized carbons (Fsp3) is 0.333. The lowest BCUT2D eigenvalue weighted by atomic mass is 10.1. The molecule has 4 nitrogen and oxygen atoms in total. The van der Waals surface area contributed by atoms with E-state index < -0.39 is 11.6 Å². The summed E-state index contributed by atoms with van der Waals surface area (Å²) in [5.74, 6) is -1.26. The second-order valence-electron chi connectivity index (χ2n) is 5.18. The van der Waals surface area contributed by atoms with Gasteiger partial charge >= 0.3 is 0 Å². The first-order chi connectivity index (χ1) is 10.6. The number of carbonyl (C=O) groups excluding carboxylic acids is 1. The zero-order valence-electron chi connectivity index (χ0n) is 12.1. The number of halogens is 3. The molecule has 0 aliphatic carbocycles. The third-order valence-corrected chi connectivity index (χ3v) is 4.45. The Morgan fingerprint density at radius 1 is 1.43 bits per heavy atom. The van der Waals surface area contributed by atoms with Crippen LogP contribution in [0.15, 0.2) is 24.4 Å². The predicted octanol–water partition coefficient (Wildman–Crippen LogP) is 3.12.